The fraction of sp³-hybridized carbons (Fsp3) is 0.500. The summed E-state index contributed by atoms with van der Waals surface area (Å²) >= 11 is 0. The lowest BCUT2D eigenvalue weighted by molar-refractivity contribution is -0.130. The van der Waals surface area contributed by atoms with Gasteiger partial charge in [0.25, 0.3) is 0 Å². The monoisotopic (exact) mass is 288 g/mol. The highest BCUT2D eigenvalue weighted by Crippen LogP contribution is 2.19. The minimum Gasteiger partial charge on any atom is -0.344 e. The summed E-state index contributed by atoms with van der Waals surface area (Å²) in [4.78, 5) is 13.6. The molecule has 0 aliphatic heterocycles. The van der Waals surface area contributed by atoms with E-state index >= 15 is 0 Å². The van der Waals surface area contributed by atoms with Crippen LogP contribution in [0.15, 0.2) is 24.3 Å². The summed E-state index contributed by atoms with van der Waals surface area (Å²) in [7, 11) is 3.66. The van der Waals surface area contributed by atoms with Gasteiger partial charge in [-0.3, -0.25) is 4.79 Å². The van der Waals surface area contributed by atoms with Crippen LogP contribution in [0, 0.1) is 5.82 Å². The Hall–Kier alpha value is -1.13. The molecule has 0 aromatic heterocycles. The van der Waals surface area contributed by atoms with Crippen LogP contribution >= 0.6 is 12.4 Å². The van der Waals surface area contributed by atoms with Crippen LogP contribution in [0.1, 0.15) is 24.8 Å². The highest BCUT2D eigenvalue weighted by Gasteiger charge is 2.14. The first-order valence-corrected chi connectivity index (χ1v) is 6.18. The van der Waals surface area contributed by atoms with E-state index in [2.05, 4.69) is 5.32 Å². The molecule has 0 aliphatic carbocycles. The Balaban J connectivity index is 0.00000324. The standard InChI is InChI=1S/C14H21FN2O.ClH/c1-11(12-4-6-13(15)7-5-12)10-14(18)17(3)9-8-16-2;/h4-7,11,16H,8-10H2,1-3H3;1H. The molecule has 1 rings (SSSR count). The van der Waals surface area contributed by atoms with Gasteiger partial charge in [-0.1, -0.05) is 19.1 Å². The van der Waals surface area contributed by atoms with E-state index in [9.17, 15) is 9.18 Å². The highest BCUT2D eigenvalue weighted by atomic mass is 35.5. The lowest BCUT2D eigenvalue weighted by atomic mass is 9.97. The van der Waals surface area contributed by atoms with Gasteiger partial charge in [-0.15, -0.1) is 12.4 Å². The summed E-state index contributed by atoms with van der Waals surface area (Å²) in [6.07, 6.45) is 0.450. The molecule has 0 radical (unpaired) electrons. The average molecular weight is 289 g/mol. The number of nitrogens with zero attached hydrogens (tertiary/aromatic N) is 1. The number of rotatable bonds is 6. The number of benzene rings is 1. The van der Waals surface area contributed by atoms with Gasteiger partial charge in [-0.2, -0.15) is 0 Å². The molecular weight excluding hydrogens is 267 g/mol. The summed E-state index contributed by atoms with van der Waals surface area (Å²) in [6.45, 7) is 3.47. The van der Waals surface area contributed by atoms with Gasteiger partial charge in [-0.05, 0) is 30.7 Å². The molecule has 1 unspecified atom stereocenters. The fourth-order valence-corrected chi connectivity index (χ4v) is 1.73. The SMILES string of the molecule is CNCCN(C)C(=O)CC(C)c1ccc(F)cc1.Cl. The molecule has 0 saturated carbocycles. The largest absolute Gasteiger partial charge is 0.344 e. The third-order valence-corrected chi connectivity index (χ3v) is 3.04. The molecular formula is C14H22ClFN2O. The van der Waals surface area contributed by atoms with Crippen LogP contribution in [-0.4, -0.2) is 38.0 Å². The molecule has 1 N–H and O–H groups in total. The molecule has 0 spiro atoms. The van der Waals surface area contributed by atoms with Crippen LogP contribution < -0.4 is 5.32 Å². The van der Waals surface area contributed by atoms with Crippen molar-refractivity contribution < 1.29 is 9.18 Å². The first kappa shape index (κ1) is 17.9. The van der Waals surface area contributed by atoms with Crippen molar-refractivity contribution in [2.45, 2.75) is 19.3 Å². The molecule has 0 bridgehead atoms. The summed E-state index contributed by atoms with van der Waals surface area (Å²) in [6, 6.07) is 6.34. The zero-order valence-corrected chi connectivity index (χ0v) is 12.5. The molecule has 0 aliphatic rings. The number of halogens is 2. The first-order valence-electron chi connectivity index (χ1n) is 6.18. The number of carbonyl (C=O) groups excluding carboxylic acids is 1. The zero-order chi connectivity index (χ0) is 13.5. The summed E-state index contributed by atoms with van der Waals surface area (Å²) < 4.78 is 12.8. The van der Waals surface area contributed by atoms with Gasteiger partial charge in [0.1, 0.15) is 5.82 Å². The fourth-order valence-electron chi connectivity index (χ4n) is 1.73. The summed E-state index contributed by atoms with van der Waals surface area (Å²) in [5, 5.41) is 3.01. The van der Waals surface area contributed by atoms with Crippen molar-refractivity contribution in [1.29, 1.82) is 0 Å². The molecule has 0 fully saturated rings. The highest BCUT2D eigenvalue weighted by molar-refractivity contribution is 5.85. The Morgan fingerprint density at radius 1 is 1.37 bits per heavy atom. The zero-order valence-electron chi connectivity index (χ0n) is 11.6. The van der Waals surface area contributed by atoms with Crippen LogP contribution in [0.25, 0.3) is 0 Å². The van der Waals surface area contributed by atoms with Gasteiger partial charge in [0.05, 0.1) is 0 Å². The van der Waals surface area contributed by atoms with Crippen LogP contribution in [0.4, 0.5) is 4.39 Å². The third kappa shape index (κ3) is 6.03. The summed E-state index contributed by atoms with van der Waals surface area (Å²) in [5.74, 6) is -0.0272. The number of hydrogen-bond donors (Lipinski definition) is 1. The predicted octanol–water partition coefficient (Wildman–Crippen LogP) is 2.42. The van der Waals surface area contributed by atoms with E-state index < -0.39 is 0 Å². The molecule has 1 aromatic carbocycles. The summed E-state index contributed by atoms with van der Waals surface area (Å²) in [5.41, 5.74) is 0.992. The minimum atomic E-state index is -0.247. The third-order valence-electron chi connectivity index (χ3n) is 3.04. The average Bonchev–Trinajstić information content (AvgIpc) is 2.36. The number of nitrogens with one attached hydrogen (secondary N) is 1. The minimum absolute atomic E-state index is 0. The Labute approximate surface area is 120 Å². The Morgan fingerprint density at radius 3 is 2.47 bits per heavy atom. The van der Waals surface area contributed by atoms with Gasteiger partial charge in [-0.25, -0.2) is 4.39 Å². The molecule has 108 valence electrons. The van der Waals surface area contributed by atoms with Gasteiger partial charge >= 0.3 is 0 Å². The molecule has 1 amide bonds. The molecule has 1 aromatic rings. The maximum Gasteiger partial charge on any atom is 0.222 e. The quantitative estimate of drug-likeness (QED) is 0.872. The second-order valence-corrected chi connectivity index (χ2v) is 4.58. The van der Waals surface area contributed by atoms with Gasteiger partial charge < -0.3 is 10.2 Å². The van der Waals surface area contributed by atoms with E-state index in [1.54, 1.807) is 24.1 Å². The first-order chi connectivity index (χ1) is 8.54. The molecule has 5 heteroatoms. The van der Waals surface area contributed by atoms with Crippen molar-refractivity contribution in [3.8, 4) is 0 Å². The van der Waals surface area contributed by atoms with Crippen molar-refractivity contribution in [2.75, 3.05) is 27.2 Å². The molecule has 19 heavy (non-hydrogen) atoms. The molecule has 3 nitrogen and oxygen atoms in total. The Morgan fingerprint density at radius 2 is 1.95 bits per heavy atom. The smallest absolute Gasteiger partial charge is 0.222 e. The van der Waals surface area contributed by atoms with E-state index in [4.69, 9.17) is 0 Å². The Bertz CT molecular complexity index is 384. The number of amides is 1. The number of hydrogen-bond acceptors (Lipinski definition) is 2. The van der Waals surface area contributed by atoms with E-state index in [0.29, 0.717) is 13.0 Å². The van der Waals surface area contributed by atoms with Gasteiger partial charge in [0, 0.05) is 26.6 Å². The van der Waals surface area contributed by atoms with Crippen LogP contribution in [0.2, 0.25) is 0 Å². The topological polar surface area (TPSA) is 32.3 Å². The van der Waals surface area contributed by atoms with E-state index in [0.717, 1.165) is 12.1 Å². The van der Waals surface area contributed by atoms with E-state index in [1.165, 1.54) is 12.1 Å². The predicted molar refractivity (Wildman–Crippen MR) is 78.2 cm³/mol. The van der Waals surface area contributed by atoms with Crippen molar-refractivity contribution in [1.82, 2.24) is 10.2 Å². The van der Waals surface area contributed by atoms with Crippen LogP contribution in [-0.2, 0) is 4.79 Å². The second-order valence-electron chi connectivity index (χ2n) is 4.58. The second kappa shape index (κ2) is 8.88. The van der Waals surface area contributed by atoms with Crippen molar-refractivity contribution in [3.63, 3.8) is 0 Å². The van der Waals surface area contributed by atoms with Crippen molar-refractivity contribution in [2.24, 2.45) is 0 Å². The van der Waals surface area contributed by atoms with Gasteiger partial charge in [0.15, 0.2) is 0 Å². The molecule has 0 saturated heterocycles. The van der Waals surface area contributed by atoms with Crippen LogP contribution in [0.5, 0.6) is 0 Å². The lowest BCUT2D eigenvalue weighted by Gasteiger charge is -2.19. The maximum absolute atomic E-state index is 12.8. The van der Waals surface area contributed by atoms with Crippen LogP contribution in [0.3, 0.4) is 0 Å². The molecule has 0 heterocycles. The van der Waals surface area contributed by atoms with Crippen molar-refractivity contribution >= 4 is 18.3 Å². The normalized spacial score (nSPS) is 11.6. The maximum atomic E-state index is 12.8. The van der Waals surface area contributed by atoms with Gasteiger partial charge in [0.2, 0.25) is 5.91 Å². The molecule has 1 atom stereocenters. The van der Waals surface area contributed by atoms with E-state index in [-0.39, 0.29) is 30.0 Å². The lowest BCUT2D eigenvalue weighted by Crippen LogP contribution is -2.33. The number of carbonyl (C=O) groups is 1. The van der Waals surface area contributed by atoms with Crippen molar-refractivity contribution in [3.05, 3.63) is 35.6 Å². The van der Waals surface area contributed by atoms with E-state index in [1.807, 2.05) is 14.0 Å². The Kier molecular flexibility index (Phi) is 8.35. The number of likely N-dealkylation sites (N-methyl/N-ethyl adjacent to an activating group) is 2.